The zero-order valence-corrected chi connectivity index (χ0v) is 16.0. The first-order valence-corrected chi connectivity index (χ1v) is 8.95. The molecule has 0 spiro atoms. The van der Waals surface area contributed by atoms with Gasteiger partial charge in [0.05, 0.1) is 16.4 Å². The Labute approximate surface area is 166 Å². The molecule has 3 rings (SSSR count). The Kier molecular flexibility index (Phi) is 5.70. The summed E-state index contributed by atoms with van der Waals surface area (Å²) in [6.07, 6.45) is 0. The first-order chi connectivity index (χ1) is 13.3. The number of amides is 4. The normalized spacial score (nSPS) is 12.5. The molecule has 0 bridgehead atoms. The van der Waals surface area contributed by atoms with E-state index >= 15 is 0 Å². The summed E-state index contributed by atoms with van der Waals surface area (Å²) >= 11 is 6.20. The molecule has 0 fully saturated rings. The van der Waals surface area contributed by atoms with Gasteiger partial charge in [-0.05, 0) is 38.1 Å². The van der Waals surface area contributed by atoms with E-state index in [-0.39, 0.29) is 29.6 Å². The molecule has 0 saturated heterocycles. The van der Waals surface area contributed by atoms with Crippen molar-refractivity contribution in [2.24, 2.45) is 0 Å². The highest BCUT2D eigenvalue weighted by Crippen LogP contribution is 2.36. The number of halogens is 1. The molecule has 9 heteroatoms. The fourth-order valence-corrected chi connectivity index (χ4v) is 2.77. The van der Waals surface area contributed by atoms with Crippen molar-refractivity contribution in [3.8, 4) is 5.75 Å². The summed E-state index contributed by atoms with van der Waals surface area (Å²) in [6, 6.07) is 9.20. The second-order valence-corrected chi connectivity index (χ2v) is 6.86. The van der Waals surface area contributed by atoms with Crippen molar-refractivity contribution in [2.45, 2.75) is 19.9 Å². The van der Waals surface area contributed by atoms with Crippen LogP contribution in [-0.2, 0) is 4.79 Å². The van der Waals surface area contributed by atoms with Crippen molar-refractivity contribution in [3.63, 3.8) is 0 Å². The lowest BCUT2D eigenvalue weighted by molar-refractivity contribution is -0.118. The Morgan fingerprint density at radius 3 is 2.71 bits per heavy atom. The van der Waals surface area contributed by atoms with Crippen LogP contribution in [0.3, 0.4) is 0 Å². The van der Waals surface area contributed by atoms with Crippen LogP contribution in [0.15, 0.2) is 36.4 Å². The van der Waals surface area contributed by atoms with Gasteiger partial charge < -0.3 is 26.0 Å². The summed E-state index contributed by atoms with van der Waals surface area (Å²) in [7, 11) is 0. The fourth-order valence-electron chi connectivity index (χ4n) is 2.56. The number of anilines is 3. The highest BCUT2D eigenvalue weighted by atomic mass is 35.5. The van der Waals surface area contributed by atoms with Crippen LogP contribution in [0.5, 0.6) is 5.75 Å². The van der Waals surface area contributed by atoms with Gasteiger partial charge in [0.15, 0.2) is 6.61 Å². The number of benzene rings is 2. The molecule has 2 aromatic rings. The summed E-state index contributed by atoms with van der Waals surface area (Å²) in [5.74, 6) is -0.263. The summed E-state index contributed by atoms with van der Waals surface area (Å²) in [5.41, 5.74) is 1.61. The van der Waals surface area contributed by atoms with Crippen LogP contribution in [0, 0.1) is 0 Å². The van der Waals surface area contributed by atoms with Crippen LogP contribution in [0.1, 0.15) is 24.2 Å². The zero-order chi connectivity index (χ0) is 20.3. The molecule has 2 aromatic carbocycles. The van der Waals surface area contributed by atoms with E-state index in [9.17, 15) is 14.4 Å². The Morgan fingerprint density at radius 2 is 1.96 bits per heavy atom. The predicted octanol–water partition coefficient (Wildman–Crippen LogP) is 3.45. The molecular formula is C19H19ClN4O4. The Hall–Kier alpha value is -3.26. The number of carbonyl (C=O) groups is 3. The molecule has 1 aliphatic rings. The van der Waals surface area contributed by atoms with Crippen LogP contribution in [0.4, 0.5) is 21.9 Å². The minimum absolute atomic E-state index is 0.00960. The number of hydrogen-bond donors (Lipinski definition) is 4. The van der Waals surface area contributed by atoms with Gasteiger partial charge >= 0.3 is 6.03 Å². The maximum absolute atomic E-state index is 12.6. The smallest absolute Gasteiger partial charge is 0.319 e. The van der Waals surface area contributed by atoms with Gasteiger partial charge in [0.2, 0.25) is 0 Å². The summed E-state index contributed by atoms with van der Waals surface area (Å²) in [6.45, 7) is 3.59. The van der Waals surface area contributed by atoms with E-state index in [4.69, 9.17) is 16.3 Å². The Balaban J connectivity index is 1.74. The Bertz CT molecular complexity index is 946. The lowest BCUT2D eigenvalue weighted by atomic mass is 10.1. The molecule has 28 heavy (non-hydrogen) atoms. The third-order valence-electron chi connectivity index (χ3n) is 3.75. The van der Waals surface area contributed by atoms with Crippen molar-refractivity contribution in [2.75, 3.05) is 22.6 Å². The topological polar surface area (TPSA) is 109 Å². The third-order valence-corrected chi connectivity index (χ3v) is 4.07. The summed E-state index contributed by atoms with van der Waals surface area (Å²) in [5, 5.41) is 11.0. The van der Waals surface area contributed by atoms with E-state index in [1.54, 1.807) is 30.3 Å². The van der Waals surface area contributed by atoms with Crippen LogP contribution in [0.2, 0.25) is 5.02 Å². The molecule has 8 nitrogen and oxygen atoms in total. The lowest BCUT2D eigenvalue weighted by Crippen LogP contribution is -2.34. The highest BCUT2D eigenvalue weighted by Gasteiger charge is 2.19. The van der Waals surface area contributed by atoms with E-state index in [0.717, 1.165) is 0 Å². The van der Waals surface area contributed by atoms with Crippen molar-refractivity contribution in [1.29, 1.82) is 0 Å². The molecule has 0 radical (unpaired) electrons. The van der Waals surface area contributed by atoms with Gasteiger partial charge in [-0.25, -0.2) is 4.79 Å². The van der Waals surface area contributed by atoms with Gasteiger partial charge in [-0.2, -0.15) is 0 Å². The first-order valence-electron chi connectivity index (χ1n) is 8.57. The summed E-state index contributed by atoms with van der Waals surface area (Å²) < 4.78 is 5.34. The van der Waals surface area contributed by atoms with Crippen molar-refractivity contribution in [1.82, 2.24) is 5.32 Å². The molecule has 4 amide bonds. The van der Waals surface area contributed by atoms with E-state index in [2.05, 4.69) is 21.3 Å². The van der Waals surface area contributed by atoms with Gasteiger partial charge in [0.25, 0.3) is 11.8 Å². The van der Waals surface area contributed by atoms with Crippen LogP contribution in [-0.4, -0.2) is 30.5 Å². The number of ether oxygens (including phenoxy) is 1. The van der Waals surface area contributed by atoms with Gasteiger partial charge in [-0.15, -0.1) is 0 Å². The monoisotopic (exact) mass is 402 g/mol. The first kappa shape index (κ1) is 19.5. The third kappa shape index (κ3) is 4.72. The zero-order valence-electron chi connectivity index (χ0n) is 15.3. The number of fused-ring (bicyclic) bond motifs is 1. The SMILES string of the molecule is CC(C)NC(=O)Nc1cccc(C(=O)Nc2cc3c(cc2Cl)NC(=O)CO3)c1. The Morgan fingerprint density at radius 1 is 1.18 bits per heavy atom. The number of carbonyl (C=O) groups excluding carboxylic acids is 3. The molecule has 0 unspecified atom stereocenters. The van der Waals surface area contributed by atoms with Crippen molar-refractivity contribution < 1.29 is 19.1 Å². The van der Waals surface area contributed by atoms with Gasteiger partial charge in [0.1, 0.15) is 5.75 Å². The van der Waals surface area contributed by atoms with Gasteiger partial charge in [0, 0.05) is 23.4 Å². The molecule has 0 saturated carbocycles. The molecule has 1 heterocycles. The second kappa shape index (κ2) is 8.18. The van der Waals surface area contributed by atoms with Crippen molar-refractivity contribution in [3.05, 3.63) is 47.0 Å². The summed E-state index contributed by atoms with van der Waals surface area (Å²) in [4.78, 5) is 35.8. The van der Waals surface area contributed by atoms with Crippen LogP contribution < -0.4 is 26.0 Å². The molecule has 0 aromatic heterocycles. The maximum atomic E-state index is 12.6. The molecule has 4 N–H and O–H groups in total. The van der Waals surface area contributed by atoms with Gasteiger partial charge in [-0.3, -0.25) is 9.59 Å². The quantitative estimate of drug-likeness (QED) is 0.628. The van der Waals surface area contributed by atoms with E-state index in [1.165, 1.54) is 6.07 Å². The predicted molar refractivity (Wildman–Crippen MR) is 107 cm³/mol. The van der Waals surface area contributed by atoms with Gasteiger partial charge in [-0.1, -0.05) is 17.7 Å². The van der Waals surface area contributed by atoms with E-state index < -0.39 is 5.91 Å². The molecule has 0 atom stereocenters. The molecule has 0 aliphatic carbocycles. The second-order valence-electron chi connectivity index (χ2n) is 6.45. The van der Waals surface area contributed by atoms with E-state index in [1.807, 2.05) is 13.8 Å². The number of rotatable bonds is 4. The average Bonchev–Trinajstić information content (AvgIpc) is 2.62. The van der Waals surface area contributed by atoms with Crippen LogP contribution >= 0.6 is 11.6 Å². The lowest BCUT2D eigenvalue weighted by Gasteiger charge is -2.19. The minimum Gasteiger partial charge on any atom is -0.482 e. The van der Waals surface area contributed by atoms with E-state index in [0.29, 0.717) is 28.4 Å². The number of urea groups is 1. The average molecular weight is 403 g/mol. The molecule has 146 valence electrons. The number of nitrogens with one attached hydrogen (secondary N) is 4. The fraction of sp³-hybridized carbons (Fsp3) is 0.211. The molecular weight excluding hydrogens is 384 g/mol. The highest BCUT2D eigenvalue weighted by molar-refractivity contribution is 6.34. The van der Waals surface area contributed by atoms with Crippen LogP contribution in [0.25, 0.3) is 0 Å². The molecule has 1 aliphatic heterocycles. The minimum atomic E-state index is -0.408. The van der Waals surface area contributed by atoms with Crippen molar-refractivity contribution >= 4 is 46.5 Å². The number of hydrogen-bond acceptors (Lipinski definition) is 4. The maximum Gasteiger partial charge on any atom is 0.319 e. The standard InChI is InChI=1S/C19H19ClN4O4/c1-10(2)21-19(27)22-12-5-3-4-11(6-12)18(26)24-14-8-16-15(7-13(14)20)23-17(25)9-28-16/h3-8,10H,9H2,1-2H3,(H,23,25)(H,24,26)(H2,21,22,27). The largest absolute Gasteiger partial charge is 0.482 e.